The Bertz CT molecular complexity index is 807. The van der Waals surface area contributed by atoms with Crippen molar-refractivity contribution in [3.05, 3.63) is 52.2 Å². The zero-order valence-corrected chi connectivity index (χ0v) is 15.1. The number of rotatable bonds is 4. The third kappa shape index (κ3) is 3.68. The van der Waals surface area contributed by atoms with Crippen LogP contribution in [0.4, 0.5) is 0 Å². The van der Waals surface area contributed by atoms with Crippen LogP contribution in [0.25, 0.3) is 0 Å². The van der Waals surface area contributed by atoms with Crippen LogP contribution in [0.1, 0.15) is 28.1 Å². The second-order valence-corrected chi connectivity index (χ2v) is 8.56. The van der Waals surface area contributed by atoms with Crippen molar-refractivity contribution in [2.45, 2.75) is 30.7 Å². The monoisotopic (exact) mass is 364 g/mol. The molecule has 0 aliphatic carbocycles. The highest BCUT2D eigenvalue weighted by Crippen LogP contribution is 2.21. The quantitative estimate of drug-likeness (QED) is 0.907. The van der Waals surface area contributed by atoms with Crippen molar-refractivity contribution in [1.82, 2.24) is 9.62 Å². The molecule has 3 rings (SSSR count). The highest BCUT2D eigenvalue weighted by molar-refractivity contribution is 7.89. The summed E-state index contributed by atoms with van der Waals surface area (Å²) in [5, 5.41) is 1.92. The molecule has 2 heterocycles. The van der Waals surface area contributed by atoms with E-state index < -0.39 is 10.0 Å². The standard InChI is InChI=1S/C17H20N2O3S2/c1-13-9-12-23-16(13)17(20)19-10-7-14(8-11-19)18-24(21,22)15-5-3-2-4-6-15/h2-6,9,12,14,18H,7-8,10-11H2,1H3. The minimum absolute atomic E-state index is 0.0480. The van der Waals surface area contributed by atoms with Crippen LogP contribution in [0.2, 0.25) is 0 Å². The number of likely N-dealkylation sites (tertiary alicyclic amines) is 1. The molecule has 0 spiro atoms. The summed E-state index contributed by atoms with van der Waals surface area (Å²) in [4.78, 5) is 15.4. The van der Waals surface area contributed by atoms with Crippen LogP contribution in [0.15, 0.2) is 46.7 Å². The molecule has 1 aromatic heterocycles. The van der Waals surface area contributed by atoms with Crippen molar-refractivity contribution < 1.29 is 13.2 Å². The second-order valence-electron chi connectivity index (χ2n) is 5.93. The van der Waals surface area contributed by atoms with Gasteiger partial charge in [-0.15, -0.1) is 11.3 Å². The average Bonchev–Trinajstić information content (AvgIpc) is 3.01. The van der Waals surface area contributed by atoms with E-state index in [0.717, 1.165) is 10.4 Å². The maximum Gasteiger partial charge on any atom is 0.264 e. The van der Waals surface area contributed by atoms with E-state index in [0.29, 0.717) is 25.9 Å². The molecule has 1 aromatic carbocycles. The molecule has 1 aliphatic rings. The number of benzene rings is 1. The first-order valence-corrected chi connectivity index (χ1v) is 10.2. The summed E-state index contributed by atoms with van der Waals surface area (Å²) in [6, 6.07) is 10.2. The van der Waals surface area contributed by atoms with Gasteiger partial charge in [-0.05, 0) is 48.9 Å². The molecule has 1 amide bonds. The molecule has 0 saturated carbocycles. The summed E-state index contributed by atoms with van der Waals surface area (Å²) in [5.41, 5.74) is 0.997. The minimum atomic E-state index is -3.50. The second kappa shape index (κ2) is 7.04. The van der Waals surface area contributed by atoms with E-state index >= 15 is 0 Å². The maximum absolute atomic E-state index is 12.5. The van der Waals surface area contributed by atoms with Crippen LogP contribution in [0.3, 0.4) is 0 Å². The Morgan fingerprint density at radius 1 is 1.17 bits per heavy atom. The maximum atomic E-state index is 12.5. The largest absolute Gasteiger partial charge is 0.338 e. The molecular weight excluding hydrogens is 344 g/mol. The third-order valence-electron chi connectivity index (χ3n) is 4.21. The predicted molar refractivity (Wildman–Crippen MR) is 94.7 cm³/mol. The fourth-order valence-corrected chi connectivity index (χ4v) is 5.04. The van der Waals surface area contributed by atoms with Crippen LogP contribution in [0.5, 0.6) is 0 Å². The molecule has 1 N–H and O–H groups in total. The van der Waals surface area contributed by atoms with E-state index in [1.165, 1.54) is 11.3 Å². The summed E-state index contributed by atoms with van der Waals surface area (Å²) >= 11 is 1.46. The van der Waals surface area contributed by atoms with E-state index in [4.69, 9.17) is 0 Å². The number of hydrogen-bond acceptors (Lipinski definition) is 4. The molecule has 5 nitrogen and oxygen atoms in total. The number of sulfonamides is 1. The summed E-state index contributed by atoms with van der Waals surface area (Å²) in [7, 11) is -3.50. The molecule has 128 valence electrons. The predicted octanol–water partition coefficient (Wildman–Crippen LogP) is 2.64. The topological polar surface area (TPSA) is 66.5 Å². The molecule has 0 radical (unpaired) electrons. The lowest BCUT2D eigenvalue weighted by Gasteiger charge is -2.32. The molecule has 0 unspecified atom stereocenters. The number of nitrogens with one attached hydrogen (secondary N) is 1. The molecule has 1 aliphatic heterocycles. The number of aryl methyl sites for hydroxylation is 1. The van der Waals surface area contributed by atoms with Crippen LogP contribution >= 0.6 is 11.3 Å². The number of piperidine rings is 1. The van der Waals surface area contributed by atoms with E-state index in [9.17, 15) is 13.2 Å². The molecule has 24 heavy (non-hydrogen) atoms. The molecule has 0 bridgehead atoms. The van der Waals surface area contributed by atoms with Gasteiger partial charge in [0.2, 0.25) is 10.0 Å². The zero-order chi connectivity index (χ0) is 17.2. The first-order valence-electron chi connectivity index (χ1n) is 7.88. The van der Waals surface area contributed by atoms with Crippen molar-refractivity contribution in [3.63, 3.8) is 0 Å². The van der Waals surface area contributed by atoms with Crippen LogP contribution in [-0.4, -0.2) is 38.4 Å². The molecule has 7 heteroatoms. The van der Waals surface area contributed by atoms with Gasteiger partial charge in [-0.25, -0.2) is 13.1 Å². The van der Waals surface area contributed by atoms with Gasteiger partial charge in [-0.3, -0.25) is 4.79 Å². The van der Waals surface area contributed by atoms with E-state index in [1.807, 2.05) is 23.3 Å². The normalized spacial score (nSPS) is 16.3. The number of carbonyl (C=O) groups excluding carboxylic acids is 1. The van der Waals surface area contributed by atoms with Crippen molar-refractivity contribution in [2.24, 2.45) is 0 Å². The Morgan fingerprint density at radius 2 is 1.83 bits per heavy atom. The lowest BCUT2D eigenvalue weighted by molar-refractivity contribution is 0.0715. The average molecular weight is 364 g/mol. The van der Waals surface area contributed by atoms with Gasteiger partial charge in [0.15, 0.2) is 0 Å². The summed E-state index contributed by atoms with van der Waals surface area (Å²) in [6.07, 6.45) is 1.25. The van der Waals surface area contributed by atoms with Crippen LogP contribution in [-0.2, 0) is 10.0 Å². The molecule has 0 atom stereocenters. The van der Waals surface area contributed by atoms with E-state index in [2.05, 4.69) is 4.72 Å². The SMILES string of the molecule is Cc1ccsc1C(=O)N1CCC(NS(=O)(=O)c2ccccc2)CC1. The molecule has 1 saturated heterocycles. The Balaban J connectivity index is 1.60. The van der Waals surface area contributed by atoms with Crippen molar-refractivity contribution in [1.29, 1.82) is 0 Å². The Kier molecular flexibility index (Phi) is 5.03. The van der Waals surface area contributed by atoms with Crippen molar-refractivity contribution in [2.75, 3.05) is 13.1 Å². The van der Waals surface area contributed by atoms with Gasteiger partial charge in [0, 0.05) is 19.1 Å². The number of carbonyl (C=O) groups is 1. The van der Waals surface area contributed by atoms with Gasteiger partial charge in [-0.1, -0.05) is 18.2 Å². The van der Waals surface area contributed by atoms with Crippen molar-refractivity contribution >= 4 is 27.3 Å². The van der Waals surface area contributed by atoms with Gasteiger partial charge >= 0.3 is 0 Å². The lowest BCUT2D eigenvalue weighted by Crippen LogP contribution is -2.46. The Hall–Kier alpha value is -1.70. The Labute approximate surface area is 146 Å². The van der Waals surface area contributed by atoms with Crippen LogP contribution in [0, 0.1) is 6.92 Å². The fourth-order valence-electron chi connectivity index (χ4n) is 2.82. The first-order chi connectivity index (χ1) is 11.5. The first kappa shape index (κ1) is 17.1. The zero-order valence-electron chi connectivity index (χ0n) is 13.4. The number of thiophene rings is 1. The number of amides is 1. The molecule has 2 aromatic rings. The number of hydrogen-bond donors (Lipinski definition) is 1. The van der Waals surface area contributed by atoms with Crippen molar-refractivity contribution in [3.8, 4) is 0 Å². The summed E-state index contributed by atoms with van der Waals surface area (Å²) in [5.74, 6) is 0.0480. The van der Waals surface area contributed by atoms with Gasteiger partial charge in [0.05, 0.1) is 9.77 Å². The smallest absolute Gasteiger partial charge is 0.264 e. The summed E-state index contributed by atoms with van der Waals surface area (Å²) < 4.78 is 27.5. The van der Waals surface area contributed by atoms with Gasteiger partial charge < -0.3 is 4.90 Å². The molecule has 1 fully saturated rings. The minimum Gasteiger partial charge on any atom is -0.338 e. The lowest BCUT2D eigenvalue weighted by atomic mass is 10.1. The van der Waals surface area contributed by atoms with E-state index in [1.54, 1.807) is 30.3 Å². The fraction of sp³-hybridized carbons (Fsp3) is 0.353. The van der Waals surface area contributed by atoms with E-state index in [-0.39, 0.29) is 16.8 Å². The summed E-state index contributed by atoms with van der Waals surface area (Å²) in [6.45, 7) is 3.07. The van der Waals surface area contributed by atoms with Crippen LogP contribution < -0.4 is 4.72 Å². The third-order valence-corrected chi connectivity index (χ3v) is 6.75. The molecular formula is C17H20N2O3S2. The van der Waals surface area contributed by atoms with Gasteiger partial charge in [0.1, 0.15) is 0 Å². The van der Waals surface area contributed by atoms with Gasteiger partial charge in [-0.2, -0.15) is 0 Å². The van der Waals surface area contributed by atoms with Gasteiger partial charge in [0.25, 0.3) is 5.91 Å². The number of nitrogens with zero attached hydrogens (tertiary/aromatic N) is 1. The Morgan fingerprint density at radius 3 is 2.42 bits per heavy atom. The highest BCUT2D eigenvalue weighted by Gasteiger charge is 2.27. The highest BCUT2D eigenvalue weighted by atomic mass is 32.2.